The van der Waals surface area contributed by atoms with Crippen LogP contribution in [0.4, 0.5) is 5.95 Å². The lowest BCUT2D eigenvalue weighted by molar-refractivity contribution is 0.708. The third kappa shape index (κ3) is 3.37. The summed E-state index contributed by atoms with van der Waals surface area (Å²) in [4.78, 5) is 12.1. The Hall–Kier alpha value is -1.94. The van der Waals surface area contributed by atoms with Gasteiger partial charge in [-0.25, -0.2) is 9.97 Å². The number of rotatable bonds is 4. The molecule has 1 aromatic carbocycles. The van der Waals surface area contributed by atoms with Gasteiger partial charge in [0.2, 0.25) is 5.95 Å². The number of nitrogens with one attached hydrogen (secondary N) is 1. The van der Waals surface area contributed by atoms with Crippen molar-refractivity contribution < 1.29 is 0 Å². The quantitative estimate of drug-likeness (QED) is 0.942. The average Bonchev–Trinajstić information content (AvgIpc) is 2.81. The SMILES string of the molecule is CCN(CC)c1nc2c(c(-c3ccc(C)cc3)n1)CCNCC2. The molecule has 23 heavy (non-hydrogen) atoms. The fourth-order valence-electron chi connectivity index (χ4n) is 3.13. The van der Waals surface area contributed by atoms with E-state index in [-0.39, 0.29) is 0 Å². The van der Waals surface area contributed by atoms with Gasteiger partial charge in [0.25, 0.3) is 0 Å². The Kier molecular flexibility index (Phi) is 4.91. The Labute approximate surface area is 139 Å². The van der Waals surface area contributed by atoms with Gasteiger partial charge in [-0.3, -0.25) is 0 Å². The molecule has 2 heterocycles. The molecule has 0 aliphatic carbocycles. The van der Waals surface area contributed by atoms with E-state index in [4.69, 9.17) is 9.97 Å². The fraction of sp³-hybridized carbons (Fsp3) is 0.474. The van der Waals surface area contributed by atoms with E-state index in [1.165, 1.54) is 22.4 Å². The number of aryl methyl sites for hydroxylation is 1. The van der Waals surface area contributed by atoms with E-state index in [1.807, 2.05) is 0 Å². The van der Waals surface area contributed by atoms with Gasteiger partial charge in [0, 0.05) is 37.2 Å². The Balaban J connectivity index is 2.14. The Bertz CT molecular complexity index is 660. The number of hydrogen-bond donors (Lipinski definition) is 1. The highest BCUT2D eigenvalue weighted by atomic mass is 15.2. The molecule has 1 N–H and O–H groups in total. The molecule has 122 valence electrons. The lowest BCUT2D eigenvalue weighted by Crippen LogP contribution is -2.25. The minimum absolute atomic E-state index is 0.867. The van der Waals surface area contributed by atoms with E-state index < -0.39 is 0 Å². The lowest BCUT2D eigenvalue weighted by atomic mass is 10.0. The topological polar surface area (TPSA) is 41.1 Å². The molecule has 1 aliphatic heterocycles. The first kappa shape index (κ1) is 15.9. The zero-order valence-electron chi connectivity index (χ0n) is 14.4. The number of benzene rings is 1. The third-order valence-electron chi connectivity index (χ3n) is 4.54. The maximum Gasteiger partial charge on any atom is 0.226 e. The van der Waals surface area contributed by atoms with Crippen molar-refractivity contribution in [2.24, 2.45) is 0 Å². The van der Waals surface area contributed by atoms with E-state index in [9.17, 15) is 0 Å². The maximum atomic E-state index is 4.96. The minimum Gasteiger partial charge on any atom is -0.341 e. The van der Waals surface area contributed by atoms with Gasteiger partial charge in [0.15, 0.2) is 0 Å². The standard InChI is InChI=1S/C19H26N4/c1-4-23(5-2)19-21-17-11-13-20-12-10-16(17)18(22-19)15-8-6-14(3)7-9-15/h6-9,20H,4-5,10-13H2,1-3H3. The van der Waals surface area contributed by atoms with Gasteiger partial charge in [0.05, 0.1) is 11.4 Å². The first-order valence-corrected chi connectivity index (χ1v) is 8.65. The molecule has 0 saturated heterocycles. The summed E-state index contributed by atoms with van der Waals surface area (Å²) >= 11 is 0. The molecule has 0 bridgehead atoms. The molecule has 0 fully saturated rings. The van der Waals surface area contributed by atoms with Crippen LogP contribution in [0.3, 0.4) is 0 Å². The molecule has 0 unspecified atom stereocenters. The summed E-state index contributed by atoms with van der Waals surface area (Å²) in [5, 5.41) is 3.48. The molecule has 0 amide bonds. The van der Waals surface area contributed by atoms with E-state index >= 15 is 0 Å². The highest BCUT2D eigenvalue weighted by Crippen LogP contribution is 2.28. The van der Waals surface area contributed by atoms with Crippen LogP contribution in [0.5, 0.6) is 0 Å². The summed E-state index contributed by atoms with van der Waals surface area (Å²) in [5.41, 5.74) is 6.11. The summed E-state index contributed by atoms with van der Waals surface area (Å²) in [7, 11) is 0. The Morgan fingerprint density at radius 2 is 1.70 bits per heavy atom. The van der Waals surface area contributed by atoms with Crippen LogP contribution in [-0.2, 0) is 12.8 Å². The highest BCUT2D eigenvalue weighted by molar-refractivity contribution is 5.66. The van der Waals surface area contributed by atoms with Gasteiger partial charge in [-0.05, 0) is 33.7 Å². The number of anilines is 1. The molecular weight excluding hydrogens is 284 g/mol. The second-order valence-corrected chi connectivity index (χ2v) is 6.09. The zero-order valence-corrected chi connectivity index (χ0v) is 14.4. The van der Waals surface area contributed by atoms with Crippen LogP contribution in [0.25, 0.3) is 11.3 Å². The van der Waals surface area contributed by atoms with Crippen molar-refractivity contribution in [2.75, 3.05) is 31.1 Å². The monoisotopic (exact) mass is 310 g/mol. The summed E-state index contributed by atoms with van der Waals surface area (Å²) < 4.78 is 0. The summed E-state index contributed by atoms with van der Waals surface area (Å²) in [5.74, 6) is 0.867. The molecular formula is C19H26N4. The van der Waals surface area contributed by atoms with Crippen LogP contribution in [0.1, 0.15) is 30.7 Å². The fourth-order valence-corrected chi connectivity index (χ4v) is 3.13. The van der Waals surface area contributed by atoms with Crippen LogP contribution in [0, 0.1) is 6.92 Å². The number of aromatic nitrogens is 2. The summed E-state index contributed by atoms with van der Waals surface area (Å²) in [6.45, 7) is 10.3. The van der Waals surface area contributed by atoms with E-state index in [1.54, 1.807) is 0 Å². The zero-order chi connectivity index (χ0) is 16.2. The normalized spacial score (nSPS) is 14.2. The molecule has 0 radical (unpaired) electrons. The second-order valence-electron chi connectivity index (χ2n) is 6.09. The Morgan fingerprint density at radius 1 is 1.00 bits per heavy atom. The number of fused-ring (bicyclic) bond motifs is 1. The van der Waals surface area contributed by atoms with Crippen LogP contribution < -0.4 is 10.2 Å². The minimum atomic E-state index is 0.867. The van der Waals surface area contributed by atoms with Crippen molar-refractivity contribution >= 4 is 5.95 Å². The molecule has 3 rings (SSSR count). The molecule has 4 heteroatoms. The smallest absolute Gasteiger partial charge is 0.226 e. The molecule has 1 aromatic heterocycles. The third-order valence-corrected chi connectivity index (χ3v) is 4.54. The predicted molar refractivity (Wildman–Crippen MR) is 96.0 cm³/mol. The van der Waals surface area contributed by atoms with Gasteiger partial charge >= 0.3 is 0 Å². The van der Waals surface area contributed by atoms with E-state index in [0.717, 1.165) is 50.7 Å². The van der Waals surface area contributed by atoms with Gasteiger partial charge in [-0.1, -0.05) is 29.8 Å². The molecule has 4 nitrogen and oxygen atoms in total. The van der Waals surface area contributed by atoms with Gasteiger partial charge in [-0.15, -0.1) is 0 Å². The number of nitrogens with zero attached hydrogens (tertiary/aromatic N) is 3. The van der Waals surface area contributed by atoms with Crippen molar-refractivity contribution in [3.63, 3.8) is 0 Å². The predicted octanol–water partition coefficient (Wildman–Crippen LogP) is 2.99. The summed E-state index contributed by atoms with van der Waals surface area (Å²) in [6.07, 6.45) is 1.97. The van der Waals surface area contributed by atoms with Crippen molar-refractivity contribution in [3.8, 4) is 11.3 Å². The van der Waals surface area contributed by atoms with Crippen molar-refractivity contribution in [3.05, 3.63) is 41.1 Å². The molecule has 1 aliphatic rings. The van der Waals surface area contributed by atoms with Gasteiger partial charge in [0.1, 0.15) is 0 Å². The molecule has 0 saturated carbocycles. The average molecular weight is 310 g/mol. The summed E-state index contributed by atoms with van der Waals surface area (Å²) in [6, 6.07) is 8.69. The van der Waals surface area contributed by atoms with Crippen LogP contribution >= 0.6 is 0 Å². The largest absolute Gasteiger partial charge is 0.341 e. The van der Waals surface area contributed by atoms with Crippen LogP contribution in [0.15, 0.2) is 24.3 Å². The van der Waals surface area contributed by atoms with Crippen molar-refractivity contribution in [1.29, 1.82) is 0 Å². The van der Waals surface area contributed by atoms with E-state index in [2.05, 4.69) is 55.3 Å². The lowest BCUT2D eigenvalue weighted by Gasteiger charge is -2.22. The molecule has 0 atom stereocenters. The van der Waals surface area contributed by atoms with Crippen LogP contribution in [0.2, 0.25) is 0 Å². The van der Waals surface area contributed by atoms with Gasteiger partial charge < -0.3 is 10.2 Å². The van der Waals surface area contributed by atoms with E-state index in [0.29, 0.717) is 0 Å². The Morgan fingerprint density at radius 3 is 2.39 bits per heavy atom. The highest BCUT2D eigenvalue weighted by Gasteiger charge is 2.19. The molecule has 0 spiro atoms. The van der Waals surface area contributed by atoms with Crippen molar-refractivity contribution in [2.45, 2.75) is 33.6 Å². The number of hydrogen-bond acceptors (Lipinski definition) is 4. The van der Waals surface area contributed by atoms with Crippen LogP contribution in [-0.4, -0.2) is 36.1 Å². The maximum absolute atomic E-state index is 4.96. The van der Waals surface area contributed by atoms with Gasteiger partial charge in [-0.2, -0.15) is 0 Å². The first-order chi connectivity index (χ1) is 11.2. The van der Waals surface area contributed by atoms with Crippen molar-refractivity contribution in [1.82, 2.24) is 15.3 Å². The first-order valence-electron chi connectivity index (χ1n) is 8.65. The molecule has 2 aromatic rings. The second kappa shape index (κ2) is 7.09.